The van der Waals surface area contributed by atoms with Crippen molar-refractivity contribution in [3.63, 3.8) is 0 Å². The summed E-state index contributed by atoms with van der Waals surface area (Å²) in [4.78, 5) is 11.5. The second kappa shape index (κ2) is 7.63. The molecule has 0 unspecified atom stereocenters. The zero-order valence-electron chi connectivity index (χ0n) is 14.5. The van der Waals surface area contributed by atoms with Crippen molar-refractivity contribution in [2.75, 3.05) is 5.32 Å². The maximum absolute atomic E-state index is 11.5. The van der Waals surface area contributed by atoms with Crippen LogP contribution in [0.2, 0.25) is 0 Å². The van der Waals surface area contributed by atoms with Gasteiger partial charge >= 0.3 is 0 Å². The Labute approximate surface area is 148 Å². The van der Waals surface area contributed by atoms with Gasteiger partial charge in [-0.1, -0.05) is 78.9 Å². The number of aryl methyl sites for hydroxylation is 1. The molecule has 3 aromatic rings. The van der Waals surface area contributed by atoms with Gasteiger partial charge in [-0.3, -0.25) is 4.79 Å². The average Bonchev–Trinajstić information content (AvgIpc) is 2.61. The topological polar surface area (TPSA) is 29.1 Å². The van der Waals surface area contributed by atoms with E-state index in [1.807, 2.05) is 61.5 Å². The molecule has 0 aliphatic rings. The normalized spacial score (nSPS) is 10.8. The smallest absolute Gasteiger partial charge is 0.221 e. The lowest BCUT2D eigenvalue weighted by molar-refractivity contribution is -0.114. The first-order valence-electron chi connectivity index (χ1n) is 8.34. The van der Waals surface area contributed by atoms with E-state index in [9.17, 15) is 4.79 Å². The Morgan fingerprint density at radius 3 is 2.28 bits per heavy atom. The van der Waals surface area contributed by atoms with Crippen LogP contribution in [-0.2, 0) is 4.79 Å². The number of anilines is 1. The molecule has 124 valence electrons. The van der Waals surface area contributed by atoms with Gasteiger partial charge in [-0.2, -0.15) is 0 Å². The summed E-state index contributed by atoms with van der Waals surface area (Å²) in [5.74, 6) is -0.0649. The van der Waals surface area contributed by atoms with Crippen molar-refractivity contribution in [2.45, 2.75) is 13.8 Å². The van der Waals surface area contributed by atoms with Crippen LogP contribution in [0.25, 0.3) is 23.3 Å². The number of nitrogens with one attached hydrogen (secondary N) is 1. The predicted molar refractivity (Wildman–Crippen MR) is 106 cm³/mol. The van der Waals surface area contributed by atoms with Gasteiger partial charge in [0.15, 0.2) is 0 Å². The minimum Gasteiger partial charge on any atom is -0.326 e. The Morgan fingerprint density at radius 1 is 0.840 bits per heavy atom. The molecule has 0 fully saturated rings. The summed E-state index contributed by atoms with van der Waals surface area (Å²) < 4.78 is 0. The Hall–Kier alpha value is -3.13. The van der Waals surface area contributed by atoms with Gasteiger partial charge in [0, 0.05) is 12.6 Å². The lowest BCUT2D eigenvalue weighted by Gasteiger charge is -2.09. The van der Waals surface area contributed by atoms with Crippen molar-refractivity contribution in [3.05, 3.63) is 89.5 Å². The standard InChI is InChI=1S/C23H21NO/c1-17-12-13-21(23(16-17)24-18(2)25)15-14-20-10-6-7-11-22(20)19-8-4-3-5-9-19/h3-16H,1-2H3,(H,24,25)/b15-14+. The van der Waals surface area contributed by atoms with Crippen molar-refractivity contribution in [3.8, 4) is 11.1 Å². The molecule has 3 aromatic carbocycles. The molecule has 0 bridgehead atoms. The minimum absolute atomic E-state index is 0.0649. The molecular weight excluding hydrogens is 306 g/mol. The molecule has 3 rings (SSSR count). The van der Waals surface area contributed by atoms with Crippen LogP contribution >= 0.6 is 0 Å². The Morgan fingerprint density at radius 2 is 1.52 bits per heavy atom. The first-order valence-corrected chi connectivity index (χ1v) is 8.34. The third-order valence-corrected chi connectivity index (χ3v) is 4.01. The fraction of sp³-hybridized carbons (Fsp3) is 0.0870. The van der Waals surface area contributed by atoms with E-state index in [1.54, 1.807) is 0 Å². The summed E-state index contributed by atoms with van der Waals surface area (Å²) in [5, 5.41) is 2.91. The number of carbonyl (C=O) groups is 1. The molecule has 2 heteroatoms. The molecule has 0 aliphatic carbocycles. The number of rotatable bonds is 4. The van der Waals surface area contributed by atoms with Crippen molar-refractivity contribution in [1.82, 2.24) is 0 Å². The molecule has 0 aromatic heterocycles. The van der Waals surface area contributed by atoms with Gasteiger partial charge in [0.25, 0.3) is 0 Å². The van der Waals surface area contributed by atoms with E-state index < -0.39 is 0 Å². The van der Waals surface area contributed by atoms with E-state index in [0.717, 1.165) is 22.4 Å². The van der Waals surface area contributed by atoms with Crippen molar-refractivity contribution >= 4 is 23.7 Å². The minimum atomic E-state index is -0.0649. The molecule has 1 amide bonds. The molecule has 25 heavy (non-hydrogen) atoms. The van der Waals surface area contributed by atoms with E-state index in [2.05, 4.69) is 35.7 Å². The molecule has 0 radical (unpaired) electrons. The van der Waals surface area contributed by atoms with Gasteiger partial charge in [0.05, 0.1) is 0 Å². The largest absolute Gasteiger partial charge is 0.326 e. The lowest BCUT2D eigenvalue weighted by atomic mass is 9.98. The van der Waals surface area contributed by atoms with Crippen LogP contribution < -0.4 is 5.32 Å². The zero-order chi connectivity index (χ0) is 17.6. The fourth-order valence-corrected chi connectivity index (χ4v) is 2.82. The molecule has 1 N–H and O–H groups in total. The SMILES string of the molecule is CC(=O)Nc1cc(C)ccc1/C=C/c1ccccc1-c1ccccc1. The quantitative estimate of drug-likeness (QED) is 0.604. The molecular formula is C23H21NO. The van der Waals surface area contributed by atoms with Crippen LogP contribution in [0, 0.1) is 6.92 Å². The van der Waals surface area contributed by atoms with Crippen molar-refractivity contribution < 1.29 is 4.79 Å². The summed E-state index contributed by atoms with van der Waals surface area (Å²) in [6, 6.07) is 24.7. The Bertz CT molecular complexity index is 910. The van der Waals surface area contributed by atoms with E-state index in [-0.39, 0.29) is 5.91 Å². The summed E-state index contributed by atoms with van der Waals surface area (Å²) in [6.45, 7) is 3.55. The highest BCUT2D eigenvalue weighted by Crippen LogP contribution is 2.26. The molecule has 0 heterocycles. The third-order valence-electron chi connectivity index (χ3n) is 4.01. The van der Waals surface area contributed by atoms with Crippen LogP contribution in [-0.4, -0.2) is 5.91 Å². The fourth-order valence-electron chi connectivity index (χ4n) is 2.82. The first kappa shape index (κ1) is 16.7. The summed E-state index contributed by atoms with van der Waals surface area (Å²) >= 11 is 0. The van der Waals surface area contributed by atoms with Crippen LogP contribution in [0.4, 0.5) is 5.69 Å². The first-order chi connectivity index (χ1) is 12.1. The lowest BCUT2D eigenvalue weighted by Crippen LogP contribution is -2.07. The molecule has 0 saturated carbocycles. The molecule has 0 atom stereocenters. The number of carbonyl (C=O) groups excluding carboxylic acids is 1. The van der Waals surface area contributed by atoms with Gasteiger partial charge in [-0.05, 0) is 40.8 Å². The number of benzene rings is 3. The molecule has 0 aliphatic heterocycles. The van der Waals surface area contributed by atoms with Gasteiger partial charge < -0.3 is 5.32 Å². The highest BCUT2D eigenvalue weighted by Gasteiger charge is 2.04. The van der Waals surface area contributed by atoms with Gasteiger partial charge in [-0.15, -0.1) is 0 Å². The number of hydrogen-bond donors (Lipinski definition) is 1. The molecule has 0 saturated heterocycles. The predicted octanol–water partition coefficient (Wildman–Crippen LogP) is 5.79. The van der Waals surface area contributed by atoms with Crippen LogP contribution in [0.1, 0.15) is 23.6 Å². The van der Waals surface area contributed by atoms with E-state index in [0.29, 0.717) is 0 Å². The van der Waals surface area contributed by atoms with E-state index in [1.165, 1.54) is 18.1 Å². The second-order valence-corrected chi connectivity index (χ2v) is 6.06. The number of amides is 1. The second-order valence-electron chi connectivity index (χ2n) is 6.06. The third kappa shape index (κ3) is 4.24. The zero-order valence-corrected chi connectivity index (χ0v) is 14.5. The number of hydrogen-bond acceptors (Lipinski definition) is 1. The summed E-state index contributed by atoms with van der Waals surface area (Å²) in [5.41, 5.74) is 6.46. The maximum Gasteiger partial charge on any atom is 0.221 e. The van der Waals surface area contributed by atoms with E-state index in [4.69, 9.17) is 0 Å². The Balaban J connectivity index is 1.98. The van der Waals surface area contributed by atoms with Crippen molar-refractivity contribution in [2.24, 2.45) is 0 Å². The van der Waals surface area contributed by atoms with Crippen LogP contribution in [0.5, 0.6) is 0 Å². The van der Waals surface area contributed by atoms with E-state index >= 15 is 0 Å². The molecule has 0 spiro atoms. The van der Waals surface area contributed by atoms with Crippen molar-refractivity contribution in [1.29, 1.82) is 0 Å². The maximum atomic E-state index is 11.5. The monoisotopic (exact) mass is 327 g/mol. The highest BCUT2D eigenvalue weighted by atomic mass is 16.1. The Kier molecular flexibility index (Phi) is 5.10. The van der Waals surface area contributed by atoms with Crippen LogP contribution in [0.3, 0.4) is 0 Å². The highest BCUT2D eigenvalue weighted by molar-refractivity contribution is 5.93. The van der Waals surface area contributed by atoms with Gasteiger partial charge in [0.2, 0.25) is 5.91 Å². The van der Waals surface area contributed by atoms with Crippen LogP contribution in [0.15, 0.2) is 72.8 Å². The van der Waals surface area contributed by atoms with Gasteiger partial charge in [0.1, 0.15) is 0 Å². The summed E-state index contributed by atoms with van der Waals surface area (Å²) in [6.07, 6.45) is 4.14. The average molecular weight is 327 g/mol. The molecule has 2 nitrogen and oxygen atoms in total. The summed E-state index contributed by atoms with van der Waals surface area (Å²) in [7, 11) is 0. The van der Waals surface area contributed by atoms with Gasteiger partial charge in [-0.25, -0.2) is 0 Å².